The Balaban J connectivity index is 1.95. The molecule has 1 aliphatic rings. The maximum Gasteiger partial charge on any atom is 0.232 e. The summed E-state index contributed by atoms with van der Waals surface area (Å²) in [6.45, 7) is 11.1. The molecule has 0 amide bonds. The van der Waals surface area contributed by atoms with E-state index in [2.05, 4.69) is 43.2 Å². The number of piperidine rings is 1. The van der Waals surface area contributed by atoms with Gasteiger partial charge in [0.25, 0.3) is 0 Å². The molecule has 1 fully saturated rings. The first kappa shape index (κ1) is 15.8. The molecule has 0 aliphatic carbocycles. The third kappa shape index (κ3) is 3.98. The fourth-order valence-corrected chi connectivity index (χ4v) is 3.49. The fourth-order valence-electron chi connectivity index (χ4n) is 2.60. The van der Waals surface area contributed by atoms with E-state index >= 15 is 0 Å². The van der Waals surface area contributed by atoms with Crippen LogP contribution in [0.15, 0.2) is 4.52 Å². The van der Waals surface area contributed by atoms with E-state index in [-0.39, 0.29) is 5.41 Å². The van der Waals surface area contributed by atoms with E-state index in [0.29, 0.717) is 11.8 Å². The predicted molar refractivity (Wildman–Crippen MR) is 83.9 cm³/mol. The summed E-state index contributed by atoms with van der Waals surface area (Å²) in [6.07, 6.45) is 2.47. The van der Waals surface area contributed by atoms with Crippen molar-refractivity contribution < 1.29 is 4.52 Å². The standard InChI is InChI=1S/C15H27N3OS/c1-11(2)9-20-10-13-17-14(19-18-13)15(3,4)12-6-5-7-16-8-12/h11-12,16H,5-10H2,1-4H3. The zero-order valence-electron chi connectivity index (χ0n) is 13.1. The summed E-state index contributed by atoms with van der Waals surface area (Å²) in [5.41, 5.74) is -0.0403. The zero-order valence-corrected chi connectivity index (χ0v) is 13.9. The Morgan fingerprint density at radius 3 is 2.90 bits per heavy atom. The van der Waals surface area contributed by atoms with Crippen molar-refractivity contribution in [1.29, 1.82) is 0 Å². The lowest BCUT2D eigenvalue weighted by atomic mass is 9.75. The average molecular weight is 297 g/mol. The van der Waals surface area contributed by atoms with Gasteiger partial charge in [0.2, 0.25) is 5.89 Å². The molecule has 1 N–H and O–H groups in total. The highest BCUT2D eigenvalue weighted by Crippen LogP contribution is 2.34. The van der Waals surface area contributed by atoms with Gasteiger partial charge in [-0.15, -0.1) is 0 Å². The van der Waals surface area contributed by atoms with Crippen molar-refractivity contribution in [2.75, 3.05) is 18.8 Å². The van der Waals surface area contributed by atoms with Crippen LogP contribution in [0.1, 0.15) is 52.3 Å². The number of hydrogen-bond acceptors (Lipinski definition) is 5. The largest absolute Gasteiger partial charge is 0.339 e. The van der Waals surface area contributed by atoms with Crippen molar-refractivity contribution in [3.05, 3.63) is 11.7 Å². The molecule has 1 atom stereocenters. The lowest BCUT2D eigenvalue weighted by Gasteiger charge is -2.34. The molecule has 1 aromatic heterocycles. The Labute approximate surface area is 126 Å². The first-order chi connectivity index (χ1) is 9.50. The molecule has 0 spiro atoms. The fraction of sp³-hybridized carbons (Fsp3) is 0.867. The second kappa shape index (κ2) is 6.94. The van der Waals surface area contributed by atoms with Gasteiger partial charge in [0, 0.05) is 5.41 Å². The molecule has 0 aromatic carbocycles. The van der Waals surface area contributed by atoms with Crippen LogP contribution in [0.25, 0.3) is 0 Å². The molecule has 1 unspecified atom stereocenters. The minimum absolute atomic E-state index is 0.0403. The Bertz CT molecular complexity index is 411. The molecule has 114 valence electrons. The van der Waals surface area contributed by atoms with E-state index in [1.54, 1.807) is 0 Å². The van der Waals surface area contributed by atoms with Crippen LogP contribution in [0, 0.1) is 11.8 Å². The summed E-state index contributed by atoms with van der Waals surface area (Å²) in [7, 11) is 0. The van der Waals surface area contributed by atoms with Gasteiger partial charge in [-0.1, -0.05) is 32.9 Å². The molecular weight excluding hydrogens is 270 g/mol. The number of nitrogens with zero attached hydrogens (tertiary/aromatic N) is 2. The van der Waals surface area contributed by atoms with Crippen LogP contribution in [-0.2, 0) is 11.2 Å². The predicted octanol–water partition coefficient (Wildman–Crippen LogP) is 3.24. The van der Waals surface area contributed by atoms with Gasteiger partial charge in [-0.25, -0.2) is 0 Å². The third-order valence-electron chi connectivity index (χ3n) is 4.02. The van der Waals surface area contributed by atoms with E-state index in [0.717, 1.165) is 36.3 Å². The average Bonchev–Trinajstić information content (AvgIpc) is 2.89. The maximum absolute atomic E-state index is 5.54. The second-order valence-corrected chi connectivity index (χ2v) is 7.72. The molecule has 0 saturated carbocycles. The highest BCUT2D eigenvalue weighted by atomic mass is 32.2. The molecule has 4 nitrogen and oxygen atoms in total. The Kier molecular flexibility index (Phi) is 5.49. The van der Waals surface area contributed by atoms with Gasteiger partial charge in [-0.2, -0.15) is 16.7 Å². The molecule has 1 aromatic rings. The molecule has 0 radical (unpaired) electrons. The third-order valence-corrected chi connectivity index (χ3v) is 5.38. The molecule has 0 bridgehead atoms. The van der Waals surface area contributed by atoms with Crippen LogP contribution in [0.5, 0.6) is 0 Å². The highest BCUT2D eigenvalue weighted by molar-refractivity contribution is 7.98. The zero-order chi connectivity index (χ0) is 14.6. The summed E-state index contributed by atoms with van der Waals surface area (Å²) in [5.74, 6) is 4.90. The number of thioether (sulfide) groups is 1. The van der Waals surface area contributed by atoms with Gasteiger partial charge >= 0.3 is 0 Å². The molecule has 2 rings (SSSR count). The van der Waals surface area contributed by atoms with Crippen molar-refractivity contribution in [3.8, 4) is 0 Å². The van der Waals surface area contributed by atoms with Crippen LogP contribution in [0.2, 0.25) is 0 Å². The summed E-state index contributed by atoms with van der Waals surface area (Å²) >= 11 is 1.88. The molecule has 5 heteroatoms. The lowest BCUT2D eigenvalue weighted by molar-refractivity contribution is 0.196. The first-order valence-corrected chi connectivity index (χ1v) is 8.77. The molecular formula is C15H27N3OS. The van der Waals surface area contributed by atoms with Crippen LogP contribution in [0.4, 0.5) is 0 Å². The van der Waals surface area contributed by atoms with Gasteiger partial charge in [-0.3, -0.25) is 0 Å². The molecule has 1 aliphatic heterocycles. The lowest BCUT2D eigenvalue weighted by Crippen LogP contribution is -2.40. The van der Waals surface area contributed by atoms with Crippen LogP contribution >= 0.6 is 11.8 Å². The van der Waals surface area contributed by atoms with E-state index in [1.165, 1.54) is 12.8 Å². The van der Waals surface area contributed by atoms with Crippen LogP contribution in [0.3, 0.4) is 0 Å². The van der Waals surface area contributed by atoms with Crippen molar-refractivity contribution in [2.24, 2.45) is 11.8 Å². The van der Waals surface area contributed by atoms with Crippen molar-refractivity contribution in [3.63, 3.8) is 0 Å². The van der Waals surface area contributed by atoms with Crippen molar-refractivity contribution >= 4 is 11.8 Å². The van der Waals surface area contributed by atoms with Gasteiger partial charge in [0.15, 0.2) is 5.82 Å². The Morgan fingerprint density at radius 2 is 2.25 bits per heavy atom. The smallest absolute Gasteiger partial charge is 0.232 e. The number of hydrogen-bond donors (Lipinski definition) is 1. The van der Waals surface area contributed by atoms with Gasteiger partial charge in [0.05, 0.1) is 5.75 Å². The number of aromatic nitrogens is 2. The van der Waals surface area contributed by atoms with E-state index in [9.17, 15) is 0 Å². The van der Waals surface area contributed by atoms with Crippen LogP contribution < -0.4 is 5.32 Å². The topological polar surface area (TPSA) is 51.0 Å². The van der Waals surface area contributed by atoms with E-state index in [4.69, 9.17) is 4.52 Å². The minimum atomic E-state index is -0.0403. The highest BCUT2D eigenvalue weighted by Gasteiger charge is 2.37. The van der Waals surface area contributed by atoms with Gasteiger partial charge < -0.3 is 9.84 Å². The summed E-state index contributed by atoms with van der Waals surface area (Å²) < 4.78 is 5.54. The first-order valence-electron chi connectivity index (χ1n) is 7.61. The maximum atomic E-state index is 5.54. The summed E-state index contributed by atoms with van der Waals surface area (Å²) in [4.78, 5) is 4.63. The Morgan fingerprint density at radius 1 is 1.45 bits per heavy atom. The SMILES string of the molecule is CC(C)CSCc1noc(C(C)(C)C2CCCNC2)n1. The quantitative estimate of drug-likeness (QED) is 0.873. The van der Waals surface area contributed by atoms with Crippen molar-refractivity contribution in [1.82, 2.24) is 15.5 Å². The number of nitrogens with one attached hydrogen (secondary N) is 1. The van der Waals surface area contributed by atoms with E-state index in [1.807, 2.05) is 11.8 Å². The van der Waals surface area contributed by atoms with Crippen molar-refractivity contribution in [2.45, 2.75) is 51.7 Å². The molecule has 20 heavy (non-hydrogen) atoms. The summed E-state index contributed by atoms with van der Waals surface area (Å²) in [5, 5.41) is 7.62. The second-order valence-electron chi connectivity index (χ2n) is 6.69. The van der Waals surface area contributed by atoms with Crippen LogP contribution in [-0.4, -0.2) is 29.0 Å². The molecule has 2 heterocycles. The number of rotatable bonds is 6. The van der Waals surface area contributed by atoms with Gasteiger partial charge in [0.1, 0.15) is 0 Å². The van der Waals surface area contributed by atoms with Gasteiger partial charge in [-0.05, 0) is 43.5 Å². The monoisotopic (exact) mass is 297 g/mol. The summed E-state index contributed by atoms with van der Waals surface area (Å²) in [6, 6.07) is 0. The minimum Gasteiger partial charge on any atom is -0.339 e. The van der Waals surface area contributed by atoms with E-state index < -0.39 is 0 Å². The Hall–Kier alpha value is -0.550. The molecule has 1 saturated heterocycles. The normalized spacial score (nSPS) is 20.6.